The molecule has 0 aliphatic rings. The summed E-state index contributed by atoms with van der Waals surface area (Å²) in [5, 5.41) is 12.1. The van der Waals surface area contributed by atoms with Crippen molar-refractivity contribution >= 4 is 28.3 Å². The van der Waals surface area contributed by atoms with Crippen LogP contribution in [0.4, 0.5) is 0 Å². The molecule has 0 saturated carbocycles. The van der Waals surface area contributed by atoms with Gasteiger partial charge in [0.2, 0.25) is 5.76 Å². The summed E-state index contributed by atoms with van der Waals surface area (Å²) >= 11 is 1.55. The van der Waals surface area contributed by atoms with Crippen LogP contribution in [0.25, 0.3) is 11.0 Å². The van der Waals surface area contributed by atoms with E-state index in [-0.39, 0.29) is 5.76 Å². The number of carboxylic acid groups (broad SMARTS) is 1. The number of furan rings is 1. The van der Waals surface area contributed by atoms with Crippen LogP contribution in [0.15, 0.2) is 39.6 Å². The number of aromatic nitrogens is 1. The van der Waals surface area contributed by atoms with Gasteiger partial charge in [-0.25, -0.2) is 9.78 Å². The van der Waals surface area contributed by atoms with Crippen molar-refractivity contribution in [1.82, 2.24) is 9.88 Å². The zero-order valence-electron chi connectivity index (χ0n) is 11.4. The maximum absolute atomic E-state index is 11.4. The average molecular weight is 302 g/mol. The molecule has 2 aromatic heterocycles. The molecule has 1 N–H and O–H groups in total. The smallest absolute Gasteiger partial charge is 0.372 e. The molecule has 0 spiro atoms. The van der Waals surface area contributed by atoms with Crippen molar-refractivity contribution in [2.75, 3.05) is 7.05 Å². The summed E-state index contributed by atoms with van der Waals surface area (Å²) < 4.78 is 5.46. The fraction of sp³-hybridized carbons (Fsp3) is 0.200. The van der Waals surface area contributed by atoms with Crippen LogP contribution in [0.5, 0.6) is 0 Å². The van der Waals surface area contributed by atoms with Gasteiger partial charge in [0.1, 0.15) is 5.58 Å². The van der Waals surface area contributed by atoms with E-state index in [1.165, 1.54) is 0 Å². The topological polar surface area (TPSA) is 66.6 Å². The van der Waals surface area contributed by atoms with Crippen molar-refractivity contribution in [3.63, 3.8) is 0 Å². The van der Waals surface area contributed by atoms with Crippen LogP contribution in [-0.4, -0.2) is 28.0 Å². The maximum Gasteiger partial charge on any atom is 0.372 e. The molecule has 0 amide bonds. The van der Waals surface area contributed by atoms with Crippen molar-refractivity contribution in [2.45, 2.75) is 13.1 Å². The highest BCUT2D eigenvalue weighted by Crippen LogP contribution is 2.27. The first-order valence-corrected chi connectivity index (χ1v) is 7.38. The quantitative estimate of drug-likeness (QED) is 0.784. The van der Waals surface area contributed by atoms with Crippen molar-refractivity contribution in [3.05, 3.63) is 52.2 Å². The molecule has 0 unspecified atom stereocenters. The molecule has 0 atom stereocenters. The lowest BCUT2D eigenvalue weighted by atomic mass is 10.1. The second kappa shape index (κ2) is 5.67. The molecule has 3 aromatic rings. The van der Waals surface area contributed by atoms with E-state index in [0.29, 0.717) is 24.2 Å². The summed E-state index contributed by atoms with van der Waals surface area (Å²) in [5.41, 5.74) is 4.08. The lowest BCUT2D eigenvalue weighted by Gasteiger charge is -2.14. The van der Waals surface area contributed by atoms with Gasteiger partial charge in [0.15, 0.2) is 0 Å². The lowest BCUT2D eigenvalue weighted by molar-refractivity contribution is 0.0662. The fourth-order valence-corrected chi connectivity index (χ4v) is 2.90. The van der Waals surface area contributed by atoms with Crippen LogP contribution in [0, 0.1) is 0 Å². The Morgan fingerprint density at radius 1 is 1.38 bits per heavy atom. The summed E-state index contributed by atoms with van der Waals surface area (Å²) in [5.74, 6) is -1.02. The van der Waals surface area contributed by atoms with Crippen LogP contribution < -0.4 is 0 Å². The molecule has 0 aliphatic carbocycles. The van der Waals surface area contributed by atoms with Gasteiger partial charge in [-0.2, -0.15) is 0 Å². The third kappa shape index (κ3) is 2.81. The number of benzene rings is 1. The van der Waals surface area contributed by atoms with Crippen LogP contribution in [-0.2, 0) is 13.1 Å². The largest absolute Gasteiger partial charge is 0.475 e. The minimum Gasteiger partial charge on any atom is -0.475 e. The van der Waals surface area contributed by atoms with Gasteiger partial charge in [0.05, 0.1) is 11.2 Å². The van der Waals surface area contributed by atoms with Crippen LogP contribution in [0.3, 0.4) is 0 Å². The van der Waals surface area contributed by atoms with Crippen molar-refractivity contribution < 1.29 is 14.3 Å². The summed E-state index contributed by atoms with van der Waals surface area (Å²) in [6.45, 7) is 1.16. The first kappa shape index (κ1) is 13.8. The molecule has 3 rings (SSSR count). The summed E-state index contributed by atoms with van der Waals surface area (Å²) in [4.78, 5) is 17.6. The summed E-state index contributed by atoms with van der Waals surface area (Å²) in [7, 11) is 1.94. The molecular weight excluding hydrogens is 288 g/mol. The Morgan fingerprint density at radius 3 is 2.90 bits per heavy atom. The molecule has 2 heterocycles. The Morgan fingerprint density at radius 2 is 2.19 bits per heavy atom. The molecule has 0 bridgehead atoms. The molecule has 21 heavy (non-hydrogen) atoms. The first-order valence-electron chi connectivity index (χ1n) is 6.44. The van der Waals surface area contributed by atoms with Gasteiger partial charge in [-0.15, -0.1) is 11.3 Å². The molecule has 0 aliphatic heterocycles. The second-order valence-electron chi connectivity index (χ2n) is 4.86. The molecule has 5 nitrogen and oxygen atoms in total. The number of fused-ring (bicyclic) bond motifs is 1. The van der Waals surface area contributed by atoms with Gasteiger partial charge >= 0.3 is 5.97 Å². The molecule has 0 saturated heterocycles. The third-order valence-electron chi connectivity index (χ3n) is 3.24. The van der Waals surface area contributed by atoms with Gasteiger partial charge in [-0.05, 0) is 13.1 Å². The fourth-order valence-electron chi connectivity index (χ4n) is 2.35. The van der Waals surface area contributed by atoms with E-state index in [2.05, 4.69) is 4.98 Å². The van der Waals surface area contributed by atoms with E-state index in [4.69, 9.17) is 4.42 Å². The maximum atomic E-state index is 11.4. The SMILES string of the molecule is CN(Cc1cscn1)Cc1c(C(=O)O)oc2ccccc12. The Labute approximate surface area is 125 Å². The zero-order valence-corrected chi connectivity index (χ0v) is 12.3. The Balaban J connectivity index is 1.91. The summed E-state index contributed by atoms with van der Waals surface area (Å²) in [6, 6.07) is 7.39. The molecule has 1 aromatic carbocycles. The normalized spacial score (nSPS) is 11.3. The van der Waals surface area contributed by atoms with E-state index >= 15 is 0 Å². The van der Waals surface area contributed by atoms with Crippen LogP contribution >= 0.6 is 11.3 Å². The van der Waals surface area contributed by atoms with Gasteiger partial charge in [0.25, 0.3) is 0 Å². The molecule has 6 heteroatoms. The van der Waals surface area contributed by atoms with Gasteiger partial charge in [0, 0.05) is 29.4 Å². The predicted octanol–water partition coefficient (Wildman–Crippen LogP) is 3.22. The number of hydrogen-bond acceptors (Lipinski definition) is 5. The number of rotatable bonds is 5. The molecule has 0 radical (unpaired) electrons. The van der Waals surface area contributed by atoms with Crippen LogP contribution in [0.1, 0.15) is 21.8 Å². The standard InChI is InChI=1S/C15H14N2O3S/c1-17(6-10-8-21-9-16-10)7-12-11-4-2-3-5-13(11)20-14(12)15(18)19/h2-5,8-9H,6-7H2,1H3,(H,18,19). The highest BCUT2D eigenvalue weighted by atomic mass is 32.1. The third-order valence-corrected chi connectivity index (χ3v) is 3.87. The highest BCUT2D eigenvalue weighted by Gasteiger charge is 2.20. The van der Waals surface area contributed by atoms with Crippen molar-refractivity contribution in [2.24, 2.45) is 0 Å². The average Bonchev–Trinajstić information content (AvgIpc) is 3.07. The molecule has 0 fully saturated rings. The second-order valence-corrected chi connectivity index (χ2v) is 5.58. The monoisotopic (exact) mass is 302 g/mol. The van der Waals surface area contributed by atoms with E-state index in [1.54, 1.807) is 22.9 Å². The van der Waals surface area contributed by atoms with Gasteiger partial charge in [-0.3, -0.25) is 4.90 Å². The minimum absolute atomic E-state index is 0.0151. The molecular formula is C15H14N2O3S. The molecule has 108 valence electrons. The predicted molar refractivity (Wildman–Crippen MR) is 80.5 cm³/mol. The summed E-state index contributed by atoms with van der Waals surface area (Å²) in [6.07, 6.45) is 0. The van der Waals surface area contributed by atoms with Crippen molar-refractivity contribution in [1.29, 1.82) is 0 Å². The van der Waals surface area contributed by atoms with E-state index in [1.807, 2.05) is 35.5 Å². The Bertz CT molecular complexity index is 764. The highest BCUT2D eigenvalue weighted by molar-refractivity contribution is 7.07. The number of thiazole rings is 1. The number of carbonyl (C=O) groups is 1. The lowest BCUT2D eigenvalue weighted by Crippen LogP contribution is -2.18. The Hall–Kier alpha value is -2.18. The Kier molecular flexibility index (Phi) is 3.72. The van der Waals surface area contributed by atoms with Crippen molar-refractivity contribution in [3.8, 4) is 0 Å². The van der Waals surface area contributed by atoms with Gasteiger partial charge < -0.3 is 9.52 Å². The van der Waals surface area contributed by atoms with E-state index in [9.17, 15) is 9.90 Å². The number of aromatic carboxylic acids is 1. The number of nitrogens with zero attached hydrogens (tertiary/aromatic N) is 2. The number of hydrogen-bond donors (Lipinski definition) is 1. The van der Waals surface area contributed by atoms with E-state index < -0.39 is 5.97 Å². The van der Waals surface area contributed by atoms with E-state index in [0.717, 1.165) is 11.1 Å². The minimum atomic E-state index is -1.04. The number of carboxylic acids is 1. The van der Waals surface area contributed by atoms with Crippen LogP contribution in [0.2, 0.25) is 0 Å². The van der Waals surface area contributed by atoms with Gasteiger partial charge in [-0.1, -0.05) is 18.2 Å². The first-order chi connectivity index (χ1) is 10.1. The zero-order chi connectivity index (χ0) is 14.8. The number of para-hydroxylation sites is 1.